The molecule has 116 valence electrons. The third kappa shape index (κ3) is 2.15. The number of carbonyl (C=O) groups excluding carboxylic acids is 1. The van der Waals surface area contributed by atoms with Gasteiger partial charge in [0.05, 0.1) is 0 Å². The molecule has 0 amide bonds. The molecule has 0 aromatic rings. The lowest BCUT2D eigenvalue weighted by molar-refractivity contribution is -0.129. The number of aldehydes is 1. The van der Waals surface area contributed by atoms with Gasteiger partial charge in [-0.15, -0.1) is 6.58 Å². The first-order valence-corrected chi connectivity index (χ1v) is 8.66. The van der Waals surface area contributed by atoms with E-state index in [9.17, 15) is 4.79 Å². The molecule has 1 heteroatoms. The van der Waals surface area contributed by atoms with Crippen LogP contribution in [-0.2, 0) is 4.79 Å². The number of fused-ring (bicyclic) bond motifs is 3. The van der Waals surface area contributed by atoms with Gasteiger partial charge >= 0.3 is 0 Å². The van der Waals surface area contributed by atoms with Gasteiger partial charge in [0.15, 0.2) is 0 Å². The van der Waals surface area contributed by atoms with E-state index in [1.54, 1.807) is 5.57 Å². The van der Waals surface area contributed by atoms with Gasteiger partial charge in [-0.2, -0.15) is 0 Å². The summed E-state index contributed by atoms with van der Waals surface area (Å²) in [5, 5.41) is 0. The molecule has 0 bridgehead atoms. The van der Waals surface area contributed by atoms with E-state index < -0.39 is 0 Å². The predicted molar refractivity (Wildman–Crippen MR) is 88.0 cm³/mol. The molecule has 3 rings (SSSR count). The van der Waals surface area contributed by atoms with Crippen LogP contribution in [-0.4, -0.2) is 6.29 Å². The van der Waals surface area contributed by atoms with E-state index in [1.165, 1.54) is 38.4 Å². The fourth-order valence-electron chi connectivity index (χ4n) is 5.80. The maximum absolute atomic E-state index is 11.8. The van der Waals surface area contributed by atoms with Crippen molar-refractivity contribution in [1.29, 1.82) is 0 Å². The monoisotopic (exact) mass is 286 g/mol. The minimum atomic E-state index is -0.103. The molecule has 0 heterocycles. The summed E-state index contributed by atoms with van der Waals surface area (Å²) in [5.41, 5.74) is 2.18. The molecular formula is C20H30O. The summed E-state index contributed by atoms with van der Waals surface area (Å²) in [5.74, 6) is 1.24. The lowest BCUT2D eigenvalue weighted by Crippen LogP contribution is -2.51. The molecule has 0 N–H and O–H groups in total. The summed E-state index contributed by atoms with van der Waals surface area (Å²) in [6, 6.07) is 0. The molecule has 2 saturated carbocycles. The normalized spacial score (nSPS) is 49.6. The minimum Gasteiger partial charge on any atom is -0.303 e. The molecule has 0 radical (unpaired) electrons. The van der Waals surface area contributed by atoms with Crippen LogP contribution in [0.1, 0.15) is 65.7 Å². The summed E-state index contributed by atoms with van der Waals surface area (Å²) in [4.78, 5) is 11.8. The maximum Gasteiger partial charge on any atom is 0.126 e. The predicted octanol–water partition coefficient (Wildman–Crippen LogP) is 5.32. The highest BCUT2D eigenvalue weighted by atomic mass is 16.1. The molecule has 1 nitrogen and oxygen atoms in total. The Bertz CT molecular complexity index is 490. The first-order chi connectivity index (χ1) is 9.87. The molecule has 0 aliphatic heterocycles. The second kappa shape index (κ2) is 4.83. The highest BCUT2D eigenvalue weighted by Crippen LogP contribution is 2.63. The number of hydrogen-bond acceptors (Lipinski definition) is 1. The van der Waals surface area contributed by atoms with Crippen molar-refractivity contribution in [1.82, 2.24) is 0 Å². The fraction of sp³-hybridized carbons (Fsp3) is 0.750. The Hall–Kier alpha value is -0.850. The van der Waals surface area contributed by atoms with Gasteiger partial charge in [0.2, 0.25) is 0 Å². The van der Waals surface area contributed by atoms with Gasteiger partial charge in [-0.05, 0) is 61.2 Å². The van der Waals surface area contributed by atoms with Crippen LogP contribution in [0.4, 0.5) is 0 Å². The molecule has 21 heavy (non-hydrogen) atoms. The Balaban J connectivity index is 1.96. The quantitative estimate of drug-likeness (QED) is 0.496. The van der Waals surface area contributed by atoms with Crippen molar-refractivity contribution in [3.8, 4) is 0 Å². The SMILES string of the molecule is C=C[C@]1(C)CC[C@H]2C(=CC[C@@H]3[C@]2(C)CCC[C@@]3(C)C=O)C1. The molecular weight excluding hydrogens is 256 g/mol. The van der Waals surface area contributed by atoms with E-state index in [-0.39, 0.29) is 10.8 Å². The van der Waals surface area contributed by atoms with Crippen LogP contribution in [0.15, 0.2) is 24.3 Å². The Kier molecular flexibility index (Phi) is 3.46. The highest BCUT2D eigenvalue weighted by Gasteiger charge is 2.55. The topological polar surface area (TPSA) is 17.1 Å². The minimum absolute atomic E-state index is 0.103. The number of allylic oxidation sites excluding steroid dienone is 3. The van der Waals surface area contributed by atoms with Gasteiger partial charge in [-0.25, -0.2) is 0 Å². The standard InChI is InChI=1S/C20H30O/c1-5-18(2)12-9-16-15(13-18)7-8-17-19(3,14-21)10-6-11-20(16,17)4/h5,7,14,16-17H,1,6,8-13H2,2-4H3/t16-,17-,18+,19-,20+/m0/s1. The summed E-state index contributed by atoms with van der Waals surface area (Å²) in [6.45, 7) is 11.1. The second-order valence-electron chi connectivity index (χ2n) is 8.68. The van der Waals surface area contributed by atoms with E-state index in [4.69, 9.17) is 0 Å². The Morgan fingerprint density at radius 1 is 1.24 bits per heavy atom. The van der Waals surface area contributed by atoms with Crippen molar-refractivity contribution in [3.63, 3.8) is 0 Å². The van der Waals surface area contributed by atoms with Crippen molar-refractivity contribution in [3.05, 3.63) is 24.3 Å². The molecule has 0 spiro atoms. The van der Waals surface area contributed by atoms with Gasteiger partial charge in [-0.1, -0.05) is 44.9 Å². The van der Waals surface area contributed by atoms with E-state index in [2.05, 4.69) is 39.5 Å². The van der Waals surface area contributed by atoms with E-state index in [0.717, 1.165) is 12.8 Å². The summed E-state index contributed by atoms with van der Waals surface area (Å²) >= 11 is 0. The molecule has 0 unspecified atom stereocenters. The van der Waals surface area contributed by atoms with E-state index in [1.807, 2.05) is 0 Å². The zero-order chi connectivity index (χ0) is 15.3. The lowest BCUT2D eigenvalue weighted by atomic mass is 9.46. The van der Waals surface area contributed by atoms with Crippen molar-refractivity contribution >= 4 is 6.29 Å². The van der Waals surface area contributed by atoms with Crippen molar-refractivity contribution in [2.24, 2.45) is 28.1 Å². The first kappa shape index (κ1) is 15.1. The highest BCUT2D eigenvalue weighted by molar-refractivity contribution is 5.60. The third-order valence-corrected chi connectivity index (χ3v) is 7.26. The van der Waals surface area contributed by atoms with Crippen molar-refractivity contribution < 1.29 is 4.79 Å². The van der Waals surface area contributed by atoms with Crippen molar-refractivity contribution in [2.75, 3.05) is 0 Å². The first-order valence-electron chi connectivity index (χ1n) is 8.66. The number of hydrogen-bond donors (Lipinski definition) is 0. The van der Waals surface area contributed by atoms with Crippen LogP contribution in [0, 0.1) is 28.1 Å². The smallest absolute Gasteiger partial charge is 0.126 e. The zero-order valence-electron chi connectivity index (χ0n) is 14.0. The van der Waals surface area contributed by atoms with Gasteiger partial charge < -0.3 is 4.79 Å². The van der Waals surface area contributed by atoms with Crippen LogP contribution in [0.3, 0.4) is 0 Å². The Morgan fingerprint density at radius 3 is 2.67 bits per heavy atom. The molecule has 0 aromatic heterocycles. The molecule has 5 atom stereocenters. The molecule has 0 aromatic carbocycles. The molecule has 0 saturated heterocycles. The Morgan fingerprint density at radius 2 is 2.00 bits per heavy atom. The fourth-order valence-corrected chi connectivity index (χ4v) is 5.80. The largest absolute Gasteiger partial charge is 0.303 e. The van der Waals surface area contributed by atoms with Gasteiger partial charge in [0, 0.05) is 5.41 Å². The summed E-state index contributed by atoms with van der Waals surface area (Å²) in [6.07, 6.45) is 14.3. The second-order valence-corrected chi connectivity index (χ2v) is 8.68. The van der Waals surface area contributed by atoms with E-state index in [0.29, 0.717) is 17.3 Å². The van der Waals surface area contributed by atoms with Crippen LogP contribution in [0.25, 0.3) is 0 Å². The zero-order valence-corrected chi connectivity index (χ0v) is 14.0. The molecule has 3 aliphatic rings. The Labute approximate surface area is 129 Å². The molecule has 3 aliphatic carbocycles. The van der Waals surface area contributed by atoms with Gasteiger partial charge in [-0.3, -0.25) is 0 Å². The maximum atomic E-state index is 11.8. The lowest BCUT2D eigenvalue weighted by Gasteiger charge is -2.58. The van der Waals surface area contributed by atoms with Gasteiger partial charge in [0.1, 0.15) is 6.29 Å². The average Bonchev–Trinajstić information content (AvgIpc) is 2.46. The number of rotatable bonds is 2. The summed E-state index contributed by atoms with van der Waals surface area (Å²) in [7, 11) is 0. The summed E-state index contributed by atoms with van der Waals surface area (Å²) < 4.78 is 0. The average molecular weight is 286 g/mol. The van der Waals surface area contributed by atoms with Crippen LogP contribution in [0.2, 0.25) is 0 Å². The van der Waals surface area contributed by atoms with Crippen molar-refractivity contribution in [2.45, 2.75) is 65.7 Å². The molecule has 2 fully saturated rings. The van der Waals surface area contributed by atoms with Crippen LogP contribution < -0.4 is 0 Å². The third-order valence-electron chi connectivity index (χ3n) is 7.26. The number of carbonyl (C=O) groups is 1. The van der Waals surface area contributed by atoms with Crippen LogP contribution >= 0.6 is 0 Å². The van der Waals surface area contributed by atoms with E-state index >= 15 is 0 Å². The van der Waals surface area contributed by atoms with Crippen LogP contribution in [0.5, 0.6) is 0 Å². The van der Waals surface area contributed by atoms with Gasteiger partial charge in [0.25, 0.3) is 0 Å².